The van der Waals surface area contributed by atoms with Crippen molar-refractivity contribution in [1.29, 1.82) is 0 Å². The highest BCUT2D eigenvalue weighted by Crippen LogP contribution is 2.26. The molecule has 1 unspecified atom stereocenters. The molecule has 1 atom stereocenters. The number of hydrogen-bond acceptors (Lipinski definition) is 5. The van der Waals surface area contributed by atoms with Crippen LogP contribution in [0.15, 0.2) is 42.6 Å². The van der Waals surface area contributed by atoms with Crippen molar-refractivity contribution in [2.45, 2.75) is 18.9 Å². The highest BCUT2D eigenvalue weighted by molar-refractivity contribution is 5.52. The van der Waals surface area contributed by atoms with E-state index in [2.05, 4.69) is 14.8 Å². The normalized spacial score (nSPS) is 16.5. The largest absolute Gasteiger partial charge is 0.493 e. The molecule has 1 aliphatic rings. The average Bonchev–Trinajstić information content (AvgIpc) is 2.69. The number of aromatic nitrogens is 1. The van der Waals surface area contributed by atoms with Crippen LogP contribution in [-0.2, 0) is 0 Å². The van der Waals surface area contributed by atoms with Gasteiger partial charge in [-0.1, -0.05) is 12.1 Å². The third-order valence-corrected chi connectivity index (χ3v) is 4.85. The van der Waals surface area contributed by atoms with E-state index in [1.54, 1.807) is 25.4 Å². The first-order valence-electron chi connectivity index (χ1n) is 9.07. The summed E-state index contributed by atoms with van der Waals surface area (Å²) < 4.78 is 18.3. The van der Waals surface area contributed by atoms with Crippen LogP contribution in [0.5, 0.6) is 5.75 Å². The van der Waals surface area contributed by atoms with Gasteiger partial charge in [-0.05, 0) is 49.2 Å². The van der Waals surface area contributed by atoms with Crippen LogP contribution in [0.3, 0.4) is 0 Å². The van der Waals surface area contributed by atoms with Gasteiger partial charge >= 0.3 is 0 Å². The molecule has 1 saturated heterocycles. The zero-order valence-electron chi connectivity index (χ0n) is 15.1. The van der Waals surface area contributed by atoms with Gasteiger partial charge in [0.2, 0.25) is 0 Å². The maximum atomic E-state index is 12.9. The third-order valence-electron chi connectivity index (χ3n) is 4.85. The molecule has 1 fully saturated rings. The Labute approximate surface area is 154 Å². The van der Waals surface area contributed by atoms with Crippen LogP contribution in [0.25, 0.3) is 0 Å². The van der Waals surface area contributed by atoms with Gasteiger partial charge in [0.1, 0.15) is 5.82 Å². The van der Waals surface area contributed by atoms with Crippen LogP contribution in [0.2, 0.25) is 0 Å². The minimum absolute atomic E-state index is 0.275. The monoisotopic (exact) mass is 359 g/mol. The molecule has 1 N–H and O–H groups in total. The summed E-state index contributed by atoms with van der Waals surface area (Å²) >= 11 is 0. The summed E-state index contributed by atoms with van der Waals surface area (Å²) in [6.45, 7) is 4.70. The van der Waals surface area contributed by atoms with Gasteiger partial charge < -0.3 is 14.7 Å². The number of benzene rings is 1. The van der Waals surface area contributed by atoms with Crippen molar-refractivity contribution >= 4 is 5.82 Å². The molecule has 2 aromatic rings. The zero-order chi connectivity index (χ0) is 18.4. The number of anilines is 1. The number of aliphatic hydroxyl groups is 1. The van der Waals surface area contributed by atoms with Gasteiger partial charge in [0.05, 0.1) is 13.2 Å². The Bertz CT molecular complexity index is 688. The molecule has 2 heterocycles. The molecule has 1 aromatic carbocycles. The number of nitrogens with zero attached hydrogens (tertiary/aromatic N) is 3. The fourth-order valence-corrected chi connectivity index (χ4v) is 3.32. The van der Waals surface area contributed by atoms with Gasteiger partial charge in [-0.15, -0.1) is 0 Å². The van der Waals surface area contributed by atoms with E-state index in [1.165, 1.54) is 12.1 Å². The Hall–Kier alpha value is -2.18. The lowest BCUT2D eigenvalue weighted by atomic mass is 10.0. The maximum absolute atomic E-state index is 12.9. The molecule has 1 aliphatic heterocycles. The average molecular weight is 359 g/mol. The second-order valence-electron chi connectivity index (χ2n) is 6.57. The first kappa shape index (κ1) is 18.6. The summed E-state index contributed by atoms with van der Waals surface area (Å²) in [6, 6.07) is 9.90. The Morgan fingerprint density at radius 3 is 2.58 bits per heavy atom. The van der Waals surface area contributed by atoms with Crippen molar-refractivity contribution in [3.8, 4) is 5.75 Å². The number of methoxy groups -OCH3 is 1. The number of rotatable bonds is 7. The van der Waals surface area contributed by atoms with E-state index in [0.717, 1.165) is 56.3 Å². The van der Waals surface area contributed by atoms with Crippen molar-refractivity contribution < 1.29 is 14.2 Å². The number of aliphatic hydroxyl groups excluding tert-OH is 1. The highest BCUT2D eigenvalue weighted by Gasteiger charge is 2.20. The molecule has 3 rings (SSSR count). The zero-order valence-corrected chi connectivity index (χ0v) is 15.1. The fraction of sp³-hybridized carbons (Fsp3) is 0.450. The van der Waals surface area contributed by atoms with E-state index in [0.29, 0.717) is 6.42 Å². The summed E-state index contributed by atoms with van der Waals surface area (Å²) in [5, 5.41) is 10.2. The Balaban J connectivity index is 1.42. The Morgan fingerprint density at radius 2 is 1.88 bits per heavy atom. The van der Waals surface area contributed by atoms with E-state index in [-0.39, 0.29) is 5.82 Å². The Kier molecular flexibility index (Phi) is 6.41. The lowest BCUT2D eigenvalue weighted by Crippen LogP contribution is -2.47. The first-order chi connectivity index (χ1) is 12.7. The molecule has 0 bridgehead atoms. The second-order valence-corrected chi connectivity index (χ2v) is 6.57. The van der Waals surface area contributed by atoms with Crippen molar-refractivity contribution in [3.05, 3.63) is 54.0 Å². The van der Waals surface area contributed by atoms with Crippen LogP contribution in [-0.4, -0.2) is 54.8 Å². The summed E-state index contributed by atoms with van der Waals surface area (Å²) in [5.74, 6) is 1.44. The summed E-state index contributed by atoms with van der Waals surface area (Å²) in [7, 11) is 1.67. The van der Waals surface area contributed by atoms with Gasteiger partial charge in [0.15, 0.2) is 11.6 Å². The number of piperazine rings is 1. The summed E-state index contributed by atoms with van der Waals surface area (Å²) in [5.41, 5.74) is 0.776. The molecule has 0 saturated carbocycles. The Morgan fingerprint density at radius 1 is 1.15 bits per heavy atom. The van der Waals surface area contributed by atoms with E-state index in [4.69, 9.17) is 4.74 Å². The molecule has 1 aromatic heterocycles. The van der Waals surface area contributed by atoms with Crippen molar-refractivity contribution in [1.82, 2.24) is 9.88 Å². The van der Waals surface area contributed by atoms with Crippen molar-refractivity contribution in [2.75, 3.05) is 44.7 Å². The van der Waals surface area contributed by atoms with Gasteiger partial charge in [0.25, 0.3) is 0 Å². The van der Waals surface area contributed by atoms with Crippen LogP contribution in [0.4, 0.5) is 10.2 Å². The molecule has 140 valence electrons. The predicted octanol–water partition coefficient (Wildman–Crippen LogP) is 2.87. The van der Waals surface area contributed by atoms with E-state index in [9.17, 15) is 9.50 Å². The molecule has 0 radical (unpaired) electrons. The fourth-order valence-electron chi connectivity index (χ4n) is 3.32. The molecular weight excluding hydrogens is 333 g/mol. The van der Waals surface area contributed by atoms with Crippen molar-refractivity contribution in [2.24, 2.45) is 0 Å². The molecule has 0 aliphatic carbocycles. The van der Waals surface area contributed by atoms with Crippen LogP contribution in [0, 0.1) is 5.82 Å². The molecule has 5 nitrogen and oxygen atoms in total. The van der Waals surface area contributed by atoms with Crippen LogP contribution < -0.4 is 9.64 Å². The minimum Gasteiger partial charge on any atom is -0.493 e. The van der Waals surface area contributed by atoms with E-state index >= 15 is 0 Å². The van der Waals surface area contributed by atoms with Gasteiger partial charge in [0, 0.05) is 32.4 Å². The number of ether oxygens (including phenoxy) is 1. The lowest BCUT2D eigenvalue weighted by molar-refractivity contribution is 0.154. The minimum atomic E-state index is -0.533. The summed E-state index contributed by atoms with van der Waals surface area (Å²) in [6.07, 6.45) is 2.85. The topological polar surface area (TPSA) is 48.8 Å². The lowest BCUT2D eigenvalue weighted by Gasteiger charge is -2.35. The molecule has 0 amide bonds. The maximum Gasteiger partial charge on any atom is 0.171 e. The smallest absolute Gasteiger partial charge is 0.171 e. The van der Waals surface area contributed by atoms with Gasteiger partial charge in [-0.25, -0.2) is 9.37 Å². The number of pyridine rings is 1. The number of hydrogen-bond donors (Lipinski definition) is 1. The predicted molar refractivity (Wildman–Crippen MR) is 100 cm³/mol. The molecular formula is C20H26FN3O2. The van der Waals surface area contributed by atoms with Crippen molar-refractivity contribution in [3.63, 3.8) is 0 Å². The third kappa shape index (κ3) is 4.71. The van der Waals surface area contributed by atoms with E-state index in [1.807, 2.05) is 12.1 Å². The number of halogens is 1. The standard InChI is InChI=1S/C20H26FN3O2/c1-26-19-5-2-10-22-20(19)24-14-12-23(13-15-24)11-3-4-18(25)16-6-8-17(21)9-7-16/h2,5-10,18,25H,3-4,11-15H2,1H3. The molecule has 26 heavy (non-hydrogen) atoms. The first-order valence-corrected chi connectivity index (χ1v) is 9.07. The summed E-state index contributed by atoms with van der Waals surface area (Å²) in [4.78, 5) is 9.10. The van der Waals surface area contributed by atoms with Crippen LogP contribution >= 0.6 is 0 Å². The molecule has 0 spiro atoms. The van der Waals surface area contributed by atoms with Crippen LogP contribution in [0.1, 0.15) is 24.5 Å². The quantitative estimate of drug-likeness (QED) is 0.824. The van der Waals surface area contributed by atoms with Gasteiger partial charge in [-0.2, -0.15) is 0 Å². The highest BCUT2D eigenvalue weighted by atomic mass is 19.1. The SMILES string of the molecule is COc1cccnc1N1CCN(CCCC(O)c2ccc(F)cc2)CC1. The second kappa shape index (κ2) is 8.96. The van der Waals surface area contributed by atoms with E-state index < -0.39 is 6.10 Å². The molecule has 6 heteroatoms. The van der Waals surface area contributed by atoms with Gasteiger partial charge in [-0.3, -0.25) is 4.90 Å².